The van der Waals surface area contributed by atoms with Crippen LogP contribution in [0.15, 0.2) is 29.4 Å². The molecule has 1 atom stereocenters. The van der Waals surface area contributed by atoms with Crippen molar-refractivity contribution in [2.45, 2.75) is 38.5 Å². The Kier molecular flexibility index (Phi) is 5.38. The van der Waals surface area contributed by atoms with E-state index in [1.807, 2.05) is 25.1 Å². The number of carbonyl (C=O) groups is 2. The van der Waals surface area contributed by atoms with Gasteiger partial charge >= 0.3 is 0 Å². The van der Waals surface area contributed by atoms with Crippen molar-refractivity contribution in [1.82, 2.24) is 10.4 Å². The Morgan fingerprint density at radius 1 is 1.55 bits per heavy atom. The van der Waals surface area contributed by atoms with Crippen LogP contribution in [0.25, 0.3) is 10.4 Å². The molecule has 1 unspecified atom stereocenters. The number of hydrogen-bond acceptors (Lipinski definition) is 3. The number of nitrogens with zero attached hydrogens (tertiary/aromatic N) is 4. The molecule has 1 heterocycles. The lowest BCUT2D eigenvalue weighted by Gasteiger charge is -2.32. The van der Waals surface area contributed by atoms with Gasteiger partial charge in [0.15, 0.2) is 0 Å². The minimum absolute atomic E-state index is 0.0840. The van der Waals surface area contributed by atoms with E-state index in [9.17, 15) is 9.59 Å². The molecular formula is C15H19N5O2. The zero-order chi connectivity index (χ0) is 15.9. The molecule has 0 aliphatic carbocycles. The van der Waals surface area contributed by atoms with Crippen molar-refractivity contribution < 1.29 is 9.59 Å². The van der Waals surface area contributed by atoms with Crippen LogP contribution < -0.4 is 5.43 Å². The Labute approximate surface area is 128 Å². The van der Waals surface area contributed by atoms with Gasteiger partial charge < -0.3 is 0 Å². The zero-order valence-corrected chi connectivity index (χ0v) is 12.5. The Balaban J connectivity index is 2.00. The van der Waals surface area contributed by atoms with Crippen LogP contribution in [0.2, 0.25) is 0 Å². The minimum Gasteiger partial charge on any atom is -0.273 e. The molecule has 2 rings (SSSR count). The molecule has 1 saturated heterocycles. The van der Waals surface area contributed by atoms with Crippen molar-refractivity contribution in [1.29, 1.82) is 0 Å². The lowest BCUT2D eigenvalue weighted by molar-refractivity contribution is -0.144. The van der Waals surface area contributed by atoms with Gasteiger partial charge in [-0.3, -0.25) is 20.0 Å². The van der Waals surface area contributed by atoms with Crippen LogP contribution in [0.3, 0.4) is 0 Å². The summed E-state index contributed by atoms with van der Waals surface area (Å²) in [6, 6.07) is 7.28. The van der Waals surface area contributed by atoms with Crippen molar-refractivity contribution in [3.63, 3.8) is 0 Å². The lowest BCUT2D eigenvalue weighted by Crippen LogP contribution is -2.49. The highest BCUT2D eigenvalue weighted by Crippen LogP contribution is 2.30. The van der Waals surface area contributed by atoms with E-state index in [-0.39, 0.29) is 17.7 Å². The van der Waals surface area contributed by atoms with E-state index in [0.717, 1.165) is 18.4 Å². The lowest BCUT2D eigenvalue weighted by atomic mass is 9.89. The standard InChI is InChI=1S/C15H19N5O2/c1-2-4-14(21)18-20-8-7-12(10-15(20)22)11-5-3-6-13(9-11)17-19-16/h3,5-6,9,12H,2,4,7-8,10H2,1H3,(H,18,21). The summed E-state index contributed by atoms with van der Waals surface area (Å²) in [5, 5.41) is 4.99. The van der Waals surface area contributed by atoms with Gasteiger partial charge in [-0.25, -0.2) is 0 Å². The summed E-state index contributed by atoms with van der Waals surface area (Å²) in [5.74, 6) is -0.129. The molecule has 1 aliphatic heterocycles. The Bertz CT molecular complexity index is 610. The fourth-order valence-electron chi connectivity index (χ4n) is 2.56. The Morgan fingerprint density at radius 2 is 2.36 bits per heavy atom. The maximum Gasteiger partial charge on any atom is 0.241 e. The summed E-state index contributed by atoms with van der Waals surface area (Å²) in [6.07, 6.45) is 2.27. The monoisotopic (exact) mass is 301 g/mol. The smallest absolute Gasteiger partial charge is 0.241 e. The average molecular weight is 301 g/mol. The topological polar surface area (TPSA) is 98.2 Å². The van der Waals surface area contributed by atoms with Crippen molar-refractivity contribution in [2.24, 2.45) is 5.11 Å². The third-order valence-corrected chi connectivity index (χ3v) is 3.66. The molecule has 1 fully saturated rings. The van der Waals surface area contributed by atoms with Crippen molar-refractivity contribution in [3.05, 3.63) is 40.3 Å². The highest BCUT2D eigenvalue weighted by Gasteiger charge is 2.27. The zero-order valence-electron chi connectivity index (χ0n) is 12.5. The van der Waals surface area contributed by atoms with Crippen molar-refractivity contribution in [3.8, 4) is 0 Å². The third kappa shape index (κ3) is 3.99. The van der Waals surface area contributed by atoms with Gasteiger partial charge in [-0.1, -0.05) is 30.2 Å². The first-order valence-corrected chi connectivity index (χ1v) is 7.39. The highest BCUT2D eigenvalue weighted by atomic mass is 16.2. The number of piperidine rings is 1. The summed E-state index contributed by atoms with van der Waals surface area (Å²) < 4.78 is 0. The van der Waals surface area contributed by atoms with Gasteiger partial charge in [-0.2, -0.15) is 0 Å². The maximum atomic E-state index is 12.2. The van der Waals surface area contributed by atoms with Crippen LogP contribution in [-0.2, 0) is 9.59 Å². The fourth-order valence-corrected chi connectivity index (χ4v) is 2.56. The van der Waals surface area contributed by atoms with E-state index in [1.54, 1.807) is 6.07 Å². The van der Waals surface area contributed by atoms with Crippen LogP contribution in [0, 0.1) is 0 Å². The Hall–Kier alpha value is -2.53. The molecule has 1 aromatic rings. The molecule has 116 valence electrons. The molecule has 1 aromatic carbocycles. The van der Waals surface area contributed by atoms with Crippen LogP contribution in [0.1, 0.15) is 44.1 Å². The van der Waals surface area contributed by atoms with Gasteiger partial charge in [-0.15, -0.1) is 0 Å². The third-order valence-electron chi connectivity index (χ3n) is 3.66. The number of hydrazine groups is 1. The molecule has 2 amide bonds. The summed E-state index contributed by atoms with van der Waals surface area (Å²) in [4.78, 5) is 26.5. The number of nitrogens with one attached hydrogen (secondary N) is 1. The molecule has 0 spiro atoms. The van der Waals surface area contributed by atoms with E-state index in [1.165, 1.54) is 5.01 Å². The summed E-state index contributed by atoms with van der Waals surface area (Å²) in [6.45, 7) is 2.41. The van der Waals surface area contributed by atoms with E-state index < -0.39 is 0 Å². The molecule has 0 radical (unpaired) electrons. The number of amides is 2. The van der Waals surface area contributed by atoms with Crippen LogP contribution >= 0.6 is 0 Å². The largest absolute Gasteiger partial charge is 0.273 e. The second-order valence-corrected chi connectivity index (χ2v) is 5.30. The van der Waals surface area contributed by atoms with Crippen LogP contribution in [0.5, 0.6) is 0 Å². The summed E-state index contributed by atoms with van der Waals surface area (Å²) >= 11 is 0. The molecule has 0 aromatic heterocycles. The molecule has 22 heavy (non-hydrogen) atoms. The predicted octanol–water partition coefficient (Wildman–Crippen LogP) is 3.17. The molecule has 7 nitrogen and oxygen atoms in total. The fraction of sp³-hybridized carbons (Fsp3) is 0.467. The SMILES string of the molecule is CCCC(=O)NN1CCC(c2cccc(N=[N+]=[N-])c2)CC1=O. The highest BCUT2D eigenvalue weighted by molar-refractivity contribution is 5.83. The maximum absolute atomic E-state index is 12.2. The van der Waals surface area contributed by atoms with Crippen LogP contribution in [0.4, 0.5) is 5.69 Å². The molecule has 7 heteroatoms. The number of carbonyl (C=O) groups excluding carboxylic acids is 2. The van der Waals surface area contributed by atoms with Gasteiger partial charge in [0.2, 0.25) is 11.8 Å². The van der Waals surface area contributed by atoms with E-state index in [4.69, 9.17) is 5.53 Å². The van der Waals surface area contributed by atoms with E-state index in [2.05, 4.69) is 15.5 Å². The predicted molar refractivity (Wildman–Crippen MR) is 82.0 cm³/mol. The summed E-state index contributed by atoms with van der Waals surface area (Å²) in [5.41, 5.74) is 12.7. The van der Waals surface area contributed by atoms with Gasteiger partial charge in [-0.05, 0) is 35.9 Å². The van der Waals surface area contributed by atoms with Gasteiger partial charge in [0, 0.05) is 30.0 Å². The molecular weight excluding hydrogens is 282 g/mol. The second-order valence-electron chi connectivity index (χ2n) is 5.30. The number of benzene rings is 1. The first-order chi connectivity index (χ1) is 10.6. The van der Waals surface area contributed by atoms with Gasteiger partial charge in [0.25, 0.3) is 0 Å². The minimum atomic E-state index is -0.125. The number of rotatable bonds is 5. The van der Waals surface area contributed by atoms with E-state index in [0.29, 0.717) is 25.1 Å². The molecule has 0 saturated carbocycles. The average Bonchev–Trinajstić information content (AvgIpc) is 2.50. The van der Waals surface area contributed by atoms with Gasteiger partial charge in [0.1, 0.15) is 0 Å². The second kappa shape index (κ2) is 7.47. The Morgan fingerprint density at radius 3 is 3.05 bits per heavy atom. The molecule has 0 bridgehead atoms. The first-order valence-electron chi connectivity index (χ1n) is 7.39. The first kappa shape index (κ1) is 15.9. The molecule has 1 N–H and O–H groups in total. The van der Waals surface area contributed by atoms with E-state index >= 15 is 0 Å². The quantitative estimate of drug-likeness (QED) is 0.513. The number of azide groups is 1. The summed E-state index contributed by atoms with van der Waals surface area (Å²) in [7, 11) is 0. The van der Waals surface area contributed by atoms with Crippen molar-refractivity contribution >= 4 is 17.5 Å². The number of hydrogen-bond donors (Lipinski definition) is 1. The normalized spacial score (nSPS) is 17.8. The molecule has 1 aliphatic rings. The van der Waals surface area contributed by atoms with Crippen molar-refractivity contribution in [2.75, 3.05) is 6.54 Å². The van der Waals surface area contributed by atoms with Crippen LogP contribution in [-0.4, -0.2) is 23.4 Å². The van der Waals surface area contributed by atoms with Gasteiger partial charge in [0.05, 0.1) is 0 Å².